The molecule has 23 heavy (non-hydrogen) atoms. The van der Waals surface area contributed by atoms with E-state index in [2.05, 4.69) is 0 Å². The lowest BCUT2D eigenvalue weighted by Crippen LogP contribution is -2.27. The van der Waals surface area contributed by atoms with Gasteiger partial charge in [0.15, 0.2) is 0 Å². The van der Waals surface area contributed by atoms with Gasteiger partial charge in [-0.1, -0.05) is 18.2 Å². The summed E-state index contributed by atoms with van der Waals surface area (Å²) in [5.41, 5.74) is 1.47. The monoisotopic (exact) mass is 315 g/mol. The number of ether oxygens (including phenoxy) is 2. The van der Waals surface area contributed by atoms with Gasteiger partial charge in [0.2, 0.25) is 5.91 Å². The number of amides is 1. The number of para-hydroxylation sites is 1. The minimum absolute atomic E-state index is 0.0696. The van der Waals surface area contributed by atoms with Gasteiger partial charge in [0.25, 0.3) is 0 Å². The van der Waals surface area contributed by atoms with E-state index in [-0.39, 0.29) is 18.1 Å². The standard InChI is InChI=1S/C18H21NO4/c1-19(12-13-6-4-5-7-16(13)20)18(21)11-14-10-15(22-2)8-9-17(14)23-3/h4-10,20H,11-12H2,1-3H3. The highest BCUT2D eigenvalue weighted by atomic mass is 16.5. The minimum atomic E-state index is -0.0696. The van der Waals surface area contributed by atoms with Crippen molar-refractivity contribution in [2.45, 2.75) is 13.0 Å². The fourth-order valence-electron chi connectivity index (χ4n) is 2.31. The van der Waals surface area contributed by atoms with Crippen LogP contribution in [0.1, 0.15) is 11.1 Å². The molecule has 0 aliphatic heterocycles. The molecule has 5 heteroatoms. The molecule has 0 bridgehead atoms. The van der Waals surface area contributed by atoms with Crippen molar-refractivity contribution in [1.29, 1.82) is 0 Å². The van der Waals surface area contributed by atoms with E-state index >= 15 is 0 Å². The van der Waals surface area contributed by atoms with Gasteiger partial charge in [-0.3, -0.25) is 4.79 Å². The average Bonchev–Trinajstić information content (AvgIpc) is 2.56. The summed E-state index contributed by atoms with van der Waals surface area (Å²) >= 11 is 0. The predicted octanol–water partition coefficient (Wildman–Crippen LogP) is 2.61. The first-order valence-electron chi connectivity index (χ1n) is 7.27. The first-order valence-corrected chi connectivity index (χ1v) is 7.27. The molecule has 122 valence electrons. The van der Waals surface area contributed by atoms with E-state index in [0.717, 1.165) is 5.56 Å². The first kappa shape index (κ1) is 16.7. The Morgan fingerprint density at radius 2 is 1.83 bits per heavy atom. The maximum absolute atomic E-state index is 12.4. The number of likely N-dealkylation sites (N-methyl/N-ethyl adjacent to an activating group) is 1. The molecule has 2 rings (SSSR count). The highest BCUT2D eigenvalue weighted by Gasteiger charge is 2.15. The van der Waals surface area contributed by atoms with Crippen LogP contribution in [0.4, 0.5) is 0 Å². The van der Waals surface area contributed by atoms with Crippen LogP contribution in [0.5, 0.6) is 17.2 Å². The fraction of sp³-hybridized carbons (Fsp3) is 0.278. The van der Waals surface area contributed by atoms with Crippen molar-refractivity contribution in [3.63, 3.8) is 0 Å². The average molecular weight is 315 g/mol. The van der Waals surface area contributed by atoms with Gasteiger partial charge in [-0.2, -0.15) is 0 Å². The third-order valence-electron chi connectivity index (χ3n) is 3.65. The van der Waals surface area contributed by atoms with E-state index < -0.39 is 0 Å². The Hall–Kier alpha value is -2.69. The van der Waals surface area contributed by atoms with Crippen LogP contribution in [-0.4, -0.2) is 37.2 Å². The van der Waals surface area contributed by atoms with Crippen molar-refractivity contribution < 1.29 is 19.4 Å². The van der Waals surface area contributed by atoms with Crippen LogP contribution < -0.4 is 9.47 Å². The van der Waals surface area contributed by atoms with Crippen LogP contribution in [0.15, 0.2) is 42.5 Å². The maximum Gasteiger partial charge on any atom is 0.227 e. The molecule has 0 heterocycles. The number of aromatic hydroxyl groups is 1. The number of carbonyl (C=O) groups excluding carboxylic acids is 1. The number of benzene rings is 2. The molecule has 1 N–H and O–H groups in total. The molecule has 1 amide bonds. The third-order valence-corrected chi connectivity index (χ3v) is 3.65. The zero-order chi connectivity index (χ0) is 16.8. The van der Waals surface area contributed by atoms with E-state index in [9.17, 15) is 9.90 Å². The van der Waals surface area contributed by atoms with Crippen LogP contribution in [0.3, 0.4) is 0 Å². The Morgan fingerprint density at radius 1 is 1.09 bits per heavy atom. The number of nitrogens with zero attached hydrogens (tertiary/aromatic N) is 1. The number of phenolic OH excluding ortho intramolecular Hbond substituents is 1. The molecule has 5 nitrogen and oxygen atoms in total. The topological polar surface area (TPSA) is 59.0 Å². The molecule has 0 aromatic heterocycles. The lowest BCUT2D eigenvalue weighted by molar-refractivity contribution is -0.129. The quantitative estimate of drug-likeness (QED) is 0.890. The molecule has 0 spiro atoms. The number of methoxy groups -OCH3 is 2. The fourth-order valence-corrected chi connectivity index (χ4v) is 2.31. The number of hydrogen-bond acceptors (Lipinski definition) is 4. The third kappa shape index (κ3) is 4.16. The van der Waals surface area contributed by atoms with E-state index in [1.807, 2.05) is 6.07 Å². The van der Waals surface area contributed by atoms with Crippen molar-refractivity contribution in [3.8, 4) is 17.2 Å². The largest absolute Gasteiger partial charge is 0.508 e. The molecule has 0 unspecified atom stereocenters. The molecular formula is C18H21NO4. The van der Waals surface area contributed by atoms with Gasteiger partial charge < -0.3 is 19.5 Å². The van der Waals surface area contributed by atoms with Crippen LogP contribution in [0.25, 0.3) is 0 Å². The van der Waals surface area contributed by atoms with Gasteiger partial charge in [0.05, 0.1) is 20.6 Å². The Balaban J connectivity index is 2.10. The van der Waals surface area contributed by atoms with Crippen LogP contribution in [0.2, 0.25) is 0 Å². The SMILES string of the molecule is COc1ccc(OC)c(CC(=O)N(C)Cc2ccccc2O)c1. The Labute approximate surface area is 136 Å². The Morgan fingerprint density at radius 3 is 2.48 bits per heavy atom. The highest BCUT2D eigenvalue weighted by molar-refractivity contribution is 5.79. The summed E-state index contributed by atoms with van der Waals surface area (Å²) in [7, 11) is 4.86. The summed E-state index contributed by atoms with van der Waals surface area (Å²) in [4.78, 5) is 14.0. The number of carbonyl (C=O) groups is 1. The minimum Gasteiger partial charge on any atom is -0.508 e. The van der Waals surface area contributed by atoms with Gasteiger partial charge in [0, 0.05) is 24.7 Å². The van der Waals surface area contributed by atoms with Crippen molar-refractivity contribution >= 4 is 5.91 Å². The molecule has 0 atom stereocenters. The number of rotatable bonds is 6. The van der Waals surface area contributed by atoms with Gasteiger partial charge in [-0.05, 0) is 24.3 Å². The molecule has 0 fully saturated rings. The smallest absolute Gasteiger partial charge is 0.227 e. The van der Waals surface area contributed by atoms with Crippen LogP contribution in [0, 0.1) is 0 Å². The van der Waals surface area contributed by atoms with E-state index in [1.54, 1.807) is 62.6 Å². The van der Waals surface area contributed by atoms with E-state index in [0.29, 0.717) is 23.6 Å². The van der Waals surface area contributed by atoms with Gasteiger partial charge >= 0.3 is 0 Å². The first-order chi connectivity index (χ1) is 11.0. The van der Waals surface area contributed by atoms with Gasteiger partial charge in [0.1, 0.15) is 17.2 Å². The second-order valence-electron chi connectivity index (χ2n) is 5.23. The van der Waals surface area contributed by atoms with Crippen molar-refractivity contribution in [2.24, 2.45) is 0 Å². The number of hydrogen-bond donors (Lipinski definition) is 1. The zero-order valence-electron chi connectivity index (χ0n) is 13.6. The van der Waals surface area contributed by atoms with Crippen molar-refractivity contribution in [3.05, 3.63) is 53.6 Å². The highest BCUT2D eigenvalue weighted by Crippen LogP contribution is 2.25. The van der Waals surface area contributed by atoms with Crippen molar-refractivity contribution in [1.82, 2.24) is 4.90 Å². The summed E-state index contributed by atoms with van der Waals surface area (Å²) in [5, 5.41) is 9.81. The normalized spacial score (nSPS) is 10.2. The van der Waals surface area contributed by atoms with Gasteiger partial charge in [-0.15, -0.1) is 0 Å². The lowest BCUT2D eigenvalue weighted by atomic mass is 10.1. The predicted molar refractivity (Wildman–Crippen MR) is 87.8 cm³/mol. The second kappa shape index (κ2) is 7.54. The molecule has 0 aliphatic rings. The Kier molecular flexibility index (Phi) is 5.46. The zero-order valence-corrected chi connectivity index (χ0v) is 13.6. The van der Waals surface area contributed by atoms with E-state index in [1.165, 1.54) is 0 Å². The van der Waals surface area contributed by atoms with Crippen molar-refractivity contribution in [2.75, 3.05) is 21.3 Å². The molecular weight excluding hydrogens is 294 g/mol. The maximum atomic E-state index is 12.4. The van der Waals surface area contributed by atoms with Crippen LogP contribution in [-0.2, 0) is 17.8 Å². The Bertz CT molecular complexity index is 684. The second-order valence-corrected chi connectivity index (χ2v) is 5.23. The summed E-state index contributed by atoms with van der Waals surface area (Å²) in [6.45, 7) is 0.345. The molecule has 2 aromatic rings. The number of phenols is 1. The molecule has 0 saturated carbocycles. The molecule has 2 aromatic carbocycles. The summed E-state index contributed by atoms with van der Waals surface area (Å²) < 4.78 is 10.5. The summed E-state index contributed by atoms with van der Waals surface area (Å²) in [6, 6.07) is 12.4. The molecule has 0 saturated heterocycles. The van der Waals surface area contributed by atoms with E-state index in [4.69, 9.17) is 9.47 Å². The molecule has 0 radical (unpaired) electrons. The summed E-state index contributed by atoms with van der Waals surface area (Å²) in [6.07, 6.45) is 0.199. The summed E-state index contributed by atoms with van der Waals surface area (Å²) in [5.74, 6) is 1.44. The molecule has 0 aliphatic carbocycles. The lowest BCUT2D eigenvalue weighted by Gasteiger charge is -2.19. The van der Waals surface area contributed by atoms with Crippen LogP contribution >= 0.6 is 0 Å². The van der Waals surface area contributed by atoms with Gasteiger partial charge in [-0.25, -0.2) is 0 Å².